The lowest BCUT2D eigenvalue weighted by atomic mass is 10.1. The van der Waals surface area contributed by atoms with Crippen LogP contribution in [0.2, 0.25) is 0 Å². The highest BCUT2D eigenvalue weighted by atomic mass is 35.5. The van der Waals surface area contributed by atoms with Crippen molar-refractivity contribution in [3.8, 4) is 0 Å². The van der Waals surface area contributed by atoms with E-state index in [9.17, 15) is 22.8 Å². The summed E-state index contributed by atoms with van der Waals surface area (Å²) < 4.78 is 38.5. The Morgan fingerprint density at radius 2 is 1.87 bits per heavy atom. The molecule has 0 saturated carbocycles. The zero-order valence-electron chi connectivity index (χ0n) is 12.6. The van der Waals surface area contributed by atoms with Gasteiger partial charge in [0.1, 0.15) is 6.04 Å². The Balaban J connectivity index is 0.00000484. The van der Waals surface area contributed by atoms with Crippen molar-refractivity contribution in [2.45, 2.75) is 26.1 Å². The summed E-state index contributed by atoms with van der Waals surface area (Å²) in [5, 5.41) is 11.1. The molecule has 1 unspecified atom stereocenters. The summed E-state index contributed by atoms with van der Waals surface area (Å²) in [6.07, 6.45) is -4.58. The molecule has 2 N–H and O–H groups in total. The Bertz CT molecular complexity index is 552. The van der Waals surface area contributed by atoms with Crippen LogP contribution in [-0.2, 0) is 15.8 Å². The van der Waals surface area contributed by atoms with Gasteiger partial charge in [-0.3, -0.25) is 14.5 Å². The molecule has 1 aromatic rings. The van der Waals surface area contributed by atoms with Crippen LogP contribution in [-0.4, -0.2) is 41.0 Å². The van der Waals surface area contributed by atoms with Crippen molar-refractivity contribution in [2.24, 2.45) is 0 Å². The number of benzene rings is 1. The van der Waals surface area contributed by atoms with Gasteiger partial charge in [-0.25, -0.2) is 0 Å². The molecule has 5 nitrogen and oxygen atoms in total. The maximum atomic E-state index is 12.8. The second-order valence-electron chi connectivity index (χ2n) is 4.67. The maximum Gasteiger partial charge on any atom is 0.418 e. The fourth-order valence-corrected chi connectivity index (χ4v) is 1.89. The minimum absolute atomic E-state index is 0. The zero-order valence-corrected chi connectivity index (χ0v) is 13.4. The predicted molar refractivity (Wildman–Crippen MR) is 81.7 cm³/mol. The predicted octanol–water partition coefficient (Wildman–Crippen LogP) is 2.86. The summed E-state index contributed by atoms with van der Waals surface area (Å²) in [6, 6.07) is 3.71. The van der Waals surface area contributed by atoms with Crippen molar-refractivity contribution in [1.29, 1.82) is 0 Å². The number of alkyl halides is 3. The SMILES string of the molecule is CCN(CC(=O)Nc1ccccc1C(F)(F)F)C(C)C(=O)O.Cl. The first-order valence-corrected chi connectivity index (χ1v) is 6.59. The largest absolute Gasteiger partial charge is 0.480 e. The van der Waals surface area contributed by atoms with Gasteiger partial charge < -0.3 is 10.4 Å². The number of anilines is 1. The molecule has 0 aromatic heterocycles. The van der Waals surface area contributed by atoms with Crippen LogP contribution in [0.4, 0.5) is 18.9 Å². The number of carboxylic acids is 1. The Morgan fingerprint density at radius 3 is 2.35 bits per heavy atom. The molecule has 23 heavy (non-hydrogen) atoms. The van der Waals surface area contributed by atoms with Gasteiger partial charge in [0, 0.05) is 0 Å². The van der Waals surface area contributed by atoms with E-state index in [4.69, 9.17) is 5.11 Å². The van der Waals surface area contributed by atoms with E-state index in [1.165, 1.54) is 24.0 Å². The number of likely N-dealkylation sites (N-methyl/N-ethyl adjacent to an activating group) is 1. The van der Waals surface area contributed by atoms with Crippen LogP contribution in [0.15, 0.2) is 24.3 Å². The van der Waals surface area contributed by atoms with Crippen molar-refractivity contribution in [1.82, 2.24) is 4.90 Å². The number of carboxylic acid groups (broad SMARTS) is 1. The van der Waals surface area contributed by atoms with E-state index in [1.54, 1.807) is 6.92 Å². The van der Waals surface area contributed by atoms with Gasteiger partial charge in [0.25, 0.3) is 0 Å². The summed E-state index contributed by atoms with van der Waals surface area (Å²) in [4.78, 5) is 24.1. The molecule has 9 heteroatoms. The van der Waals surface area contributed by atoms with Crippen LogP contribution in [0.25, 0.3) is 0 Å². The lowest BCUT2D eigenvalue weighted by Crippen LogP contribution is -2.43. The van der Waals surface area contributed by atoms with Crippen LogP contribution in [0.1, 0.15) is 19.4 Å². The number of aliphatic carboxylic acids is 1. The first-order valence-electron chi connectivity index (χ1n) is 6.59. The number of carbonyl (C=O) groups excluding carboxylic acids is 1. The molecular weight excluding hydrogens is 337 g/mol. The molecule has 0 saturated heterocycles. The van der Waals surface area contributed by atoms with Crippen LogP contribution >= 0.6 is 12.4 Å². The number of carbonyl (C=O) groups is 2. The van der Waals surface area contributed by atoms with Crippen molar-refractivity contribution < 1.29 is 27.9 Å². The average Bonchev–Trinajstić information content (AvgIpc) is 2.43. The fraction of sp³-hybridized carbons (Fsp3) is 0.429. The van der Waals surface area contributed by atoms with Crippen molar-refractivity contribution in [3.05, 3.63) is 29.8 Å². The molecule has 1 rings (SSSR count). The number of amides is 1. The van der Waals surface area contributed by atoms with E-state index in [-0.39, 0.29) is 31.2 Å². The molecule has 0 fully saturated rings. The standard InChI is InChI=1S/C14H17F3N2O3.ClH/c1-3-19(9(2)13(21)22)8-12(20)18-11-7-5-4-6-10(11)14(15,16)17;/h4-7,9H,3,8H2,1-2H3,(H,18,20)(H,21,22);1H. The second kappa shape index (κ2) is 8.73. The Kier molecular flexibility index (Phi) is 8.05. The lowest BCUT2D eigenvalue weighted by Gasteiger charge is -2.24. The van der Waals surface area contributed by atoms with E-state index in [2.05, 4.69) is 5.32 Å². The molecule has 0 radical (unpaired) electrons. The Hall–Kier alpha value is -1.80. The van der Waals surface area contributed by atoms with Gasteiger partial charge in [-0.1, -0.05) is 19.1 Å². The molecule has 0 heterocycles. The third-order valence-electron chi connectivity index (χ3n) is 3.16. The highest BCUT2D eigenvalue weighted by molar-refractivity contribution is 5.93. The van der Waals surface area contributed by atoms with Crippen LogP contribution in [0.5, 0.6) is 0 Å². The topological polar surface area (TPSA) is 69.6 Å². The monoisotopic (exact) mass is 354 g/mol. The Labute approximate surface area is 137 Å². The minimum Gasteiger partial charge on any atom is -0.480 e. The number of nitrogens with one attached hydrogen (secondary N) is 1. The molecule has 0 aliphatic carbocycles. The average molecular weight is 355 g/mol. The number of halogens is 4. The summed E-state index contributed by atoms with van der Waals surface area (Å²) in [7, 11) is 0. The molecule has 0 bridgehead atoms. The molecule has 1 atom stereocenters. The van der Waals surface area contributed by atoms with Crippen molar-refractivity contribution in [3.63, 3.8) is 0 Å². The van der Waals surface area contributed by atoms with E-state index >= 15 is 0 Å². The van der Waals surface area contributed by atoms with Gasteiger partial charge in [0.05, 0.1) is 17.8 Å². The quantitative estimate of drug-likeness (QED) is 0.824. The van der Waals surface area contributed by atoms with Gasteiger partial charge in [0.15, 0.2) is 0 Å². The minimum atomic E-state index is -4.58. The van der Waals surface area contributed by atoms with Crippen LogP contribution < -0.4 is 5.32 Å². The fourth-order valence-electron chi connectivity index (χ4n) is 1.89. The summed E-state index contributed by atoms with van der Waals surface area (Å²) >= 11 is 0. The van der Waals surface area contributed by atoms with Crippen molar-refractivity contribution in [2.75, 3.05) is 18.4 Å². The van der Waals surface area contributed by atoms with E-state index in [0.717, 1.165) is 12.1 Å². The number of nitrogens with zero attached hydrogens (tertiary/aromatic N) is 1. The first kappa shape index (κ1) is 21.2. The number of para-hydroxylation sites is 1. The molecule has 1 amide bonds. The van der Waals surface area contributed by atoms with Crippen LogP contribution in [0, 0.1) is 0 Å². The third kappa shape index (κ3) is 6.07. The van der Waals surface area contributed by atoms with E-state index in [0.29, 0.717) is 0 Å². The maximum absolute atomic E-state index is 12.8. The summed E-state index contributed by atoms with van der Waals surface area (Å²) in [5.41, 5.74) is -1.29. The third-order valence-corrected chi connectivity index (χ3v) is 3.16. The molecule has 0 spiro atoms. The van der Waals surface area contributed by atoms with Crippen LogP contribution in [0.3, 0.4) is 0 Å². The number of hydrogen-bond acceptors (Lipinski definition) is 3. The molecule has 0 aliphatic heterocycles. The van der Waals surface area contributed by atoms with E-state index in [1.807, 2.05) is 0 Å². The van der Waals surface area contributed by atoms with E-state index < -0.39 is 29.7 Å². The Morgan fingerprint density at radius 1 is 1.30 bits per heavy atom. The van der Waals surface area contributed by atoms with Gasteiger partial charge in [-0.05, 0) is 25.6 Å². The molecule has 1 aromatic carbocycles. The highest BCUT2D eigenvalue weighted by Gasteiger charge is 2.33. The highest BCUT2D eigenvalue weighted by Crippen LogP contribution is 2.34. The summed E-state index contributed by atoms with van der Waals surface area (Å²) in [5.74, 6) is -1.81. The lowest BCUT2D eigenvalue weighted by molar-refractivity contribution is -0.142. The number of hydrogen-bond donors (Lipinski definition) is 2. The smallest absolute Gasteiger partial charge is 0.418 e. The summed E-state index contributed by atoms with van der Waals surface area (Å²) in [6.45, 7) is 3.04. The molecular formula is C14H18ClF3N2O3. The second-order valence-corrected chi connectivity index (χ2v) is 4.67. The normalized spacial score (nSPS) is 12.4. The number of rotatable bonds is 6. The van der Waals surface area contributed by atoms with Gasteiger partial charge in [-0.15, -0.1) is 12.4 Å². The van der Waals surface area contributed by atoms with Gasteiger partial charge in [0.2, 0.25) is 5.91 Å². The van der Waals surface area contributed by atoms with Gasteiger partial charge in [-0.2, -0.15) is 13.2 Å². The van der Waals surface area contributed by atoms with Crippen molar-refractivity contribution >= 4 is 30.0 Å². The molecule has 130 valence electrons. The first-order chi connectivity index (χ1) is 10.2. The van der Waals surface area contributed by atoms with Gasteiger partial charge >= 0.3 is 12.1 Å². The zero-order chi connectivity index (χ0) is 16.9. The molecule has 0 aliphatic rings.